The summed E-state index contributed by atoms with van der Waals surface area (Å²) in [6.45, 7) is 0.803. The fraction of sp³-hybridized carbons (Fsp3) is 0.667. The molecule has 136 valence electrons. The van der Waals surface area contributed by atoms with Crippen LogP contribution in [0.2, 0.25) is 0 Å². The van der Waals surface area contributed by atoms with Crippen molar-refractivity contribution in [2.24, 2.45) is 10.3 Å². The Bertz CT molecular complexity index is 846. The lowest BCUT2D eigenvalue weighted by atomic mass is 9.86. The number of hydrogen-bond donors (Lipinski definition) is 1. The van der Waals surface area contributed by atoms with Crippen molar-refractivity contribution in [1.29, 1.82) is 0 Å². The summed E-state index contributed by atoms with van der Waals surface area (Å²) in [4.78, 5) is 14.2. The third kappa shape index (κ3) is 3.52. The summed E-state index contributed by atoms with van der Waals surface area (Å²) in [6, 6.07) is 2.53. The van der Waals surface area contributed by atoms with E-state index in [-0.39, 0.29) is 0 Å². The van der Waals surface area contributed by atoms with E-state index < -0.39 is 9.73 Å². The summed E-state index contributed by atoms with van der Waals surface area (Å²) in [7, 11) is 0.221. The minimum atomic E-state index is -1.91. The molecule has 1 N–H and O–H groups in total. The quantitative estimate of drug-likeness (QED) is 0.907. The van der Waals surface area contributed by atoms with E-state index in [1.807, 2.05) is 12.3 Å². The molecule has 0 saturated heterocycles. The fourth-order valence-electron chi connectivity index (χ4n) is 4.25. The van der Waals surface area contributed by atoms with E-state index in [0.717, 1.165) is 73.4 Å². The zero-order valence-corrected chi connectivity index (χ0v) is 15.7. The molecule has 0 amide bonds. The number of fused-ring (bicyclic) bond motifs is 1. The Hall–Kier alpha value is -1.63. The largest absolute Gasteiger partial charge is 0.356 e. The summed E-state index contributed by atoms with van der Waals surface area (Å²) in [6.07, 6.45) is 10.3. The Morgan fingerprint density at radius 3 is 2.84 bits per heavy atom. The zero-order valence-electron chi connectivity index (χ0n) is 14.9. The second-order valence-corrected chi connectivity index (χ2v) is 9.97. The van der Waals surface area contributed by atoms with Crippen molar-refractivity contribution in [2.75, 3.05) is 30.0 Å². The number of rotatable bonds is 4. The summed E-state index contributed by atoms with van der Waals surface area (Å²) in [5.41, 5.74) is 0.890. The third-order valence-corrected chi connectivity index (χ3v) is 8.30. The van der Waals surface area contributed by atoms with Gasteiger partial charge in [-0.25, -0.2) is 18.5 Å². The lowest BCUT2D eigenvalue weighted by Gasteiger charge is -2.36. The highest BCUT2D eigenvalue weighted by Gasteiger charge is 2.28. The van der Waals surface area contributed by atoms with Gasteiger partial charge in [-0.05, 0) is 50.5 Å². The van der Waals surface area contributed by atoms with Crippen LogP contribution in [0.15, 0.2) is 23.0 Å². The van der Waals surface area contributed by atoms with Gasteiger partial charge in [0, 0.05) is 47.1 Å². The van der Waals surface area contributed by atoms with E-state index in [1.165, 1.54) is 0 Å². The second-order valence-electron chi connectivity index (χ2n) is 7.43. The highest BCUT2D eigenvalue weighted by molar-refractivity contribution is 7.93. The topological polar surface area (TPSA) is 74.2 Å². The van der Waals surface area contributed by atoms with Crippen LogP contribution in [-0.2, 0) is 9.73 Å². The van der Waals surface area contributed by atoms with Crippen molar-refractivity contribution in [1.82, 2.24) is 15.0 Å². The normalized spacial score (nSPS) is 30.1. The molecule has 2 aromatic heterocycles. The van der Waals surface area contributed by atoms with Gasteiger partial charge in [0.1, 0.15) is 17.8 Å². The van der Waals surface area contributed by atoms with Gasteiger partial charge in [-0.15, -0.1) is 0 Å². The molecule has 0 aromatic carbocycles. The molecular weight excluding hydrogens is 334 g/mol. The van der Waals surface area contributed by atoms with Crippen LogP contribution >= 0.6 is 0 Å². The molecule has 0 bridgehead atoms. The van der Waals surface area contributed by atoms with Crippen molar-refractivity contribution in [3.8, 4) is 0 Å². The molecule has 25 heavy (non-hydrogen) atoms. The summed E-state index contributed by atoms with van der Waals surface area (Å²) < 4.78 is 17.3. The number of nitrogens with one attached hydrogen (secondary N) is 1. The van der Waals surface area contributed by atoms with Crippen LogP contribution in [0, 0.1) is 5.92 Å². The average molecular weight is 362 g/mol. The van der Waals surface area contributed by atoms with Gasteiger partial charge in [0.05, 0.1) is 5.39 Å². The van der Waals surface area contributed by atoms with Crippen LogP contribution in [-0.4, -0.2) is 50.3 Å². The Balaban J connectivity index is 1.41. The van der Waals surface area contributed by atoms with Crippen molar-refractivity contribution < 1.29 is 4.21 Å². The molecule has 2 aliphatic rings. The Morgan fingerprint density at radius 1 is 1.24 bits per heavy atom. The maximum atomic E-state index is 12.8. The van der Waals surface area contributed by atoms with Gasteiger partial charge < -0.3 is 9.88 Å². The SMILES string of the molecule is CN(c1ncnc2[nH]ccc12)C1CCC(CS2(=O)=NCCCC2)CC1. The number of H-pyrrole nitrogens is 1. The van der Waals surface area contributed by atoms with Crippen LogP contribution in [0.3, 0.4) is 0 Å². The van der Waals surface area contributed by atoms with Gasteiger partial charge in [-0.3, -0.25) is 0 Å². The van der Waals surface area contributed by atoms with Crippen LogP contribution in [0.4, 0.5) is 5.82 Å². The van der Waals surface area contributed by atoms with E-state index in [4.69, 9.17) is 0 Å². The summed E-state index contributed by atoms with van der Waals surface area (Å²) in [5, 5.41) is 1.08. The summed E-state index contributed by atoms with van der Waals surface area (Å²) >= 11 is 0. The highest BCUT2D eigenvalue weighted by atomic mass is 32.2. The number of hydrogen-bond acceptors (Lipinski definition) is 5. The first-order valence-corrected chi connectivity index (χ1v) is 11.2. The monoisotopic (exact) mass is 361 g/mol. The molecule has 1 unspecified atom stereocenters. The van der Waals surface area contributed by atoms with Crippen molar-refractivity contribution in [2.45, 2.75) is 44.6 Å². The van der Waals surface area contributed by atoms with E-state index in [0.29, 0.717) is 12.0 Å². The minimum Gasteiger partial charge on any atom is -0.356 e. The van der Waals surface area contributed by atoms with E-state index in [1.54, 1.807) is 6.33 Å². The lowest BCUT2D eigenvalue weighted by molar-refractivity contribution is 0.342. The maximum absolute atomic E-state index is 12.8. The Labute approximate surface area is 149 Å². The average Bonchev–Trinajstić information content (AvgIpc) is 3.11. The van der Waals surface area contributed by atoms with Crippen molar-refractivity contribution >= 4 is 26.6 Å². The first kappa shape index (κ1) is 16.8. The lowest BCUT2D eigenvalue weighted by Crippen LogP contribution is -2.37. The number of aromatic amines is 1. The van der Waals surface area contributed by atoms with E-state index in [2.05, 4.69) is 31.3 Å². The predicted octanol–water partition coefficient (Wildman–Crippen LogP) is 3.21. The van der Waals surface area contributed by atoms with Crippen molar-refractivity contribution in [3.63, 3.8) is 0 Å². The highest BCUT2D eigenvalue weighted by Crippen LogP contribution is 2.32. The molecule has 0 radical (unpaired) electrons. The van der Waals surface area contributed by atoms with Gasteiger partial charge >= 0.3 is 0 Å². The molecular formula is C18H27N5OS. The molecule has 4 rings (SSSR count). The first-order chi connectivity index (χ1) is 12.1. The molecule has 1 atom stereocenters. The number of aromatic nitrogens is 3. The molecule has 1 fully saturated rings. The third-order valence-electron chi connectivity index (χ3n) is 5.73. The van der Waals surface area contributed by atoms with Gasteiger partial charge in [-0.1, -0.05) is 0 Å². The van der Waals surface area contributed by atoms with Crippen molar-refractivity contribution in [3.05, 3.63) is 18.6 Å². The van der Waals surface area contributed by atoms with Crippen LogP contribution < -0.4 is 4.90 Å². The first-order valence-electron chi connectivity index (χ1n) is 9.34. The molecule has 2 aromatic rings. The Kier molecular flexibility index (Phi) is 4.67. The molecule has 1 saturated carbocycles. The minimum absolute atomic E-state index is 0.491. The van der Waals surface area contributed by atoms with E-state index in [9.17, 15) is 4.21 Å². The Morgan fingerprint density at radius 2 is 2.08 bits per heavy atom. The van der Waals surface area contributed by atoms with Gasteiger partial charge in [0.2, 0.25) is 0 Å². The zero-order chi connectivity index (χ0) is 17.3. The number of anilines is 1. The van der Waals surface area contributed by atoms with Gasteiger partial charge in [0.15, 0.2) is 0 Å². The molecule has 7 heteroatoms. The summed E-state index contributed by atoms with van der Waals surface area (Å²) in [5.74, 6) is 3.21. The molecule has 0 spiro atoms. The van der Waals surface area contributed by atoms with Gasteiger partial charge in [0.25, 0.3) is 0 Å². The molecule has 3 heterocycles. The predicted molar refractivity (Wildman–Crippen MR) is 102 cm³/mol. The van der Waals surface area contributed by atoms with Crippen LogP contribution in [0.5, 0.6) is 0 Å². The molecule has 6 nitrogen and oxygen atoms in total. The standard InChI is InChI=1S/C18H27N5OS/c1-23(18-16-8-10-19-17(16)20-13-21-18)15-6-4-14(5-7-15)12-25(24)11-3-2-9-22-25/h8,10,13-15H,2-7,9,11-12H2,1H3,(H,19,20,21). The smallest absolute Gasteiger partial charge is 0.142 e. The molecule has 1 aliphatic carbocycles. The van der Waals surface area contributed by atoms with Crippen LogP contribution in [0.25, 0.3) is 11.0 Å². The van der Waals surface area contributed by atoms with E-state index >= 15 is 0 Å². The number of nitrogens with zero attached hydrogens (tertiary/aromatic N) is 4. The maximum Gasteiger partial charge on any atom is 0.142 e. The van der Waals surface area contributed by atoms with Gasteiger partial charge in [-0.2, -0.15) is 0 Å². The fourth-order valence-corrected chi connectivity index (χ4v) is 6.84. The van der Waals surface area contributed by atoms with Crippen LogP contribution in [0.1, 0.15) is 38.5 Å². The second kappa shape index (κ2) is 6.94. The molecule has 1 aliphatic heterocycles.